The highest BCUT2D eigenvalue weighted by Crippen LogP contribution is 2.31. The molecule has 23 heavy (non-hydrogen) atoms. The lowest BCUT2D eigenvalue weighted by Crippen LogP contribution is -2.38. The average molecular weight is 329 g/mol. The Kier molecular flexibility index (Phi) is 5.13. The van der Waals surface area contributed by atoms with Crippen molar-refractivity contribution in [2.75, 3.05) is 6.54 Å². The summed E-state index contributed by atoms with van der Waals surface area (Å²) in [4.78, 5) is 15.9. The van der Waals surface area contributed by atoms with Crippen LogP contribution in [0, 0.1) is 0 Å². The Hall–Kier alpha value is -1.65. The third-order valence-corrected chi connectivity index (χ3v) is 5.74. The summed E-state index contributed by atoms with van der Waals surface area (Å²) in [6.07, 6.45) is 2.11. The van der Waals surface area contributed by atoms with Crippen molar-refractivity contribution in [2.45, 2.75) is 44.2 Å². The van der Waals surface area contributed by atoms with E-state index in [-0.39, 0.29) is 17.9 Å². The molecule has 1 aliphatic heterocycles. The highest BCUT2D eigenvalue weighted by atomic mass is 32.1. The van der Waals surface area contributed by atoms with E-state index in [9.17, 15) is 9.90 Å². The van der Waals surface area contributed by atoms with Crippen LogP contribution in [0.4, 0.5) is 0 Å². The zero-order valence-corrected chi connectivity index (χ0v) is 14.2. The molecule has 122 valence electrons. The molecule has 1 amide bonds. The number of hydrogen-bond acceptors (Lipinski definition) is 3. The van der Waals surface area contributed by atoms with Gasteiger partial charge in [-0.1, -0.05) is 36.4 Å². The third kappa shape index (κ3) is 3.65. The highest BCUT2D eigenvalue weighted by molar-refractivity contribution is 7.10. The second-order valence-electron chi connectivity index (χ2n) is 6.23. The first-order valence-electron chi connectivity index (χ1n) is 8.23. The smallest absolute Gasteiger partial charge is 0.230 e. The van der Waals surface area contributed by atoms with Gasteiger partial charge in [0.05, 0.1) is 12.0 Å². The predicted molar refractivity (Wildman–Crippen MR) is 93.5 cm³/mol. The van der Waals surface area contributed by atoms with Crippen LogP contribution in [0.3, 0.4) is 0 Å². The quantitative estimate of drug-likeness (QED) is 0.902. The average Bonchev–Trinajstić information content (AvgIpc) is 3.26. The van der Waals surface area contributed by atoms with Crippen molar-refractivity contribution < 1.29 is 9.90 Å². The fourth-order valence-electron chi connectivity index (χ4n) is 3.35. The van der Waals surface area contributed by atoms with Gasteiger partial charge >= 0.3 is 0 Å². The number of rotatable bonds is 5. The zero-order valence-electron chi connectivity index (χ0n) is 13.4. The summed E-state index contributed by atoms with van der Waals surface area (Å²) in [5.41, 5.74) is 0.929. The Morgan fingerprint density at radius 3 is 2.78 bits per heavy atom. The van der Waals surface area contributed by atoms with Gasteiger partial charge in [-0.25, -0.2) is 0 Å². The van der Waals surface area contributed by atoms with Crippen molar-refractivity contribution in [3.8, 4) is 0 Å². The Bertz CT molecular complexity index is 626. The topological polar surface area (TPSA) is 40.5 Å². The number of thiophene rings is 1. The number of benzene rings is 1. The van der Waals surface area contributed by atoms with E-state index in [1.807, 2.05) is 59.7 Å². The lowest BCUT2D eigenvalue weighted by molar-refractivity contribution is -0.133. The molecule has 1 aliphatic rings. The Labute approximate surface area is 141 Å². The number of amides is 1. The van der Waals surface area contributed by atoms with Crippen molar-refractivity contribution in [2.24, 2.45) is 0 Å². The van der Waals surface area contributed by atoms with Crippen molar-refractivity contribution in [1.82, 2.24) is 4.90 Å². The van der Waals surface area contributed by atoms with E-state index in [1.165, 1.54) is 0 Å². The van der Waals surface area contributed by atoms with Crippen LogP contribution in [-0.2, 0) is 4.79 Å². The number of nitrogens with zero attached hydrogens (tertiary/aromatic N) is 1. The van der Waals surface area contributed by atoms with Crippen LogP contribution in [0.2, 0.25) is 0 Å². The number of likely N-dealkylation sites (tertiary alicyclic amines) is 1. The minimum Gasteiger partial charge on any atom is -0.388 e. The van der Waals surface area contributed by atoms with E-state index in [4.69, 9.17) is 0 Å². The molecule has 0 bridgehead atoms. The van der Waals surface area contributed by atoms with Gasteiger partial charge in [0, 0.05) is 17.5 Å². The summed E-state index contributed by atoms with van der Waals surface area (Å²) in [5, 5.41) is 12.5. The summed E-state index contributed by atoms with van der Waals surface area (Å²) < 4.78 is 0. The molecule has 2 aromatic rings. The van der Waals surface area contributed by atoms with Crippen LogP contribution < -0.4 is 0 Å². The molecule has 0 spiro atoms. The summed E-state index contributed by atoms with van der Waals surface area (Å²) in [6.45, 7) is 2.79. The van der Waals surface area contributed by atoms with E-state index in [1.54, 1.807) is 11.3 Å². The summed E-state index contributed by atoms with van der Waals surface area (Å²) in [6, 6.07) is 13.9. The molecule has 0 radical (unpaired) electrons. The number of aliphatic hydroxyl groups is 1. The Balaban J connectivity index is 1.67. The summed E-state index contributed by atoms with van der Waals surface area (Å²) in [7, 11) is 0. The SMILES string of the molecule is CC(C(=O)N1CCCC1CC(O)c1ccccc1)c1cccs1. The van der Waals surface area contributed by atoms with Crippen molar-refractivity contribution in [3.63, 3.8) is 0 Å². The zero-order chi connectivity index (χ0) is 16.2. The molecule has 0 saturated carbocycles. The fraction of sp³-hybridized carbons (Fsp3) is 0.421. The predicted octanol–water partition coefficient (Wildman–Crippen LogP) is 3.97. The van der Waals surface area contributed by atoms with Gasteiger partial charge in [-0.05, 0) is 43.2 Å². The van der Waals surface area contributed by atoms with Crippen molar-refractivity contribution in [1.29, 1.82) is 0 Å². The van der Waals surface area contributed by atoms with Gasteiger partial charge in [0.1, 0.15) is 0 Å². The van der Waals surface area contributed by atoms with Gasteiger partial charge in [0.2, 0.25) is 5.91 Å². The number of hydrogen-bond donors (Lipinski definition) is 1. The van der Waals surface area contributed by atoms with Gasteiger partial charge in [-0.15, -0.1) is 11.3 Å². The van der Waals surface area contributed by atoms with E-state index < -0.39 is 6.10 Å². The summed E-state index contributed by atoms with van der Waals surface area (Å²) in [5.74, 6) is 0.0969. The molecule has 3 rings (SSSR count). The summed E-state index contributed by atoms with van der Waals surface area (Å²) >= 11 is 1.63. The molecule has 2 heterocycles. The number of aliphatic hydroxyl groups excluding tert-OH is 1. The lowest BCUT2D eigenvalue weighted by Gasteiger charge is -2.29. The largest absolute Gasteiger partial charge is 0.388 e. The molecule has 1 N–H and O–H groups in total. The van der Waals surface area contributed by atoms with Crippen LogP contribution in [0.1, 0.15) is 48.6 Å². The molecular weight excluding hydrogens is 306 g/mol. The molecule has 1 aromatic carbocycles. The maximum atomic E-state index is 12.8. The fourth-order valence-corrected chi connectivity index (χ4v) is 4.12. The first-order chi connectivity index (χ1) is 11.2. The second kappa shape index (κ2) is 7.28. The molecule has 1 aromatic heterocycles. The van der Waals surface area contributed by atoms with Crippen LogP contribution in [0.15, 0.2) is 47.8 Å². The molecule has 4 heteroatoms. The number of carbonyl (C=O) groups excluding carboxylic acids is 1. The monoisotopic (exact) mass is 329 g/mol. The molecule has 1 saturated heterocycles. The van der Waals surface area contributed by atoms with Crippen LogP contribution in [-0.4, -0.2) is 28.5 Å². The van der Waals surface area contributed by atoms with Gasteiger partial charge in [-0.2, -0.15) is 0 Å². The van der Waals surface area contributed by atoms with E-state index >= 15 is 0 Å². The Morgan fingerprint density at radius 1 is 1.30 bits per heavy atom. The maximum absolute atomic E-state index is 12.8. The second-order valence-corrected chi connectivity index (χ2v) is 7.21. The lowest BCUT2D eigenvalue weighted by atomic mass is 9.99. The number of carbonyl (C=O) groups is 1. The Morgan fingerprint density at radius 2 is 2.09 bits per heavy atom. The van der Waals surface area contributed by atoms with Crippen LogP contribution in [0.25, 0.3) is 0 Å². The normalized spacial score (nSPS) is 20.4. The molecule has 3 unspecified atom stereocenters. The minimum absolute atomic E-state index is 0.0931. The maximum Gasteiger partial charge on any atom is 0.230 e. The van der Waals surface area contributed by atoms with Gasteiger partial charge in [0.15, 0.2) is 0 Å². The van der Waals surface area contributed by atoms with E-state index in [0.29, 0.717) is 6.42 Å². The van der Waals surface area contributed by atoms with Crippen LogP contribution >= 0.6 is 11.3 Å². The molecule has 3 atom stereocenters. The van der Waals surface area contributed by atoms with Gasteiger partial charge < -0.3 is 10.0 Å². The first kappa shape index (κ1) is 16.2. The van der Waals surface area contributed by atoms with Gasteiger partial charge in [-0.3, -0.25) is 4.79 Å². The van der Waals surface area contributed by atoms with E-state index in [0.717, 1.165) is 29.8 Å². The molecule has 3 nitrogen and oxygen atoms in total. The van der Waals surface area contributed by atoms with Crippen molar-refractivity contribution in [3.05, 3.63) is 58.3 Å². The van der Waals surface area contributed by atoms with Crippen molar-refractivity contribution >= 4 is 17.2 Å². The molecule has 1 fully saturated rings. The third-order valence-electron chi connectivity index (χ3n) is 4.68. The van der Waals surface area contributed by atoms with E-state index in [2.05, 4.69) is 0 Å². The molecular formula is C19H23NO2S. The highest BCUT2D eigenvalue weighted by Gasteiger charge is 2.33. The minimum atomic E-state index is -0.508. The first-order valence-corrected chi connectivity index (χ1v) is 9.11. The molecule has 0 aliphatic carbocycles. The van der Waals surface area contributed by atoms with Crippen LogP contribution in [0.5, 0.6) is 0 Å². The van der Waals surface area contributed by atoms with Gasteiger partial charge in [0.25, 0.3) is 0 Å². The standard InChI is InChI=1S/C19H23NO2S/c1-14(18-10-6-12-23-18)19(22)20-11-5-9-16(20)13-17(21)15-7-3-2-4-8-15/h2-4,6-8,10,12,14,16-17,21H,5,9,11,13H2,1H3.